The van der Waals surface area contributed by atoms with Crippen molar-refractivity contribution in [1.82, 2.24) is 3.96 Å². The van der Waals surface area contributed by atoms with E-state index >= 15 is 0 Å². The molecule has 0 saturated heterocycles. The summed E-state index contributed by atoms with van der Waals surface area (Å²) in [5.41, 5.74) is 0.188. The molecule has 0 aliphatic heterocycles. The first-order valence-electron chi connectivity index (χ1n) is 8.48. The molecule has 1 atom stereocenters. The molecule has 0 N–H and O–H groups in total. The van der Waals surface area contributed by atoms with Crippen LogP contribution in [0.25, 0.3) is 0 Å². The summed E-state index contributed by atoms with van der Waals surface area (Å²) in [6.07, 6.45) is 2.79. The molecule has 0 spiro atoms. The number of hydrogen-bond donors (Lipinski definition) is 0. The van der Waals surface area contributed by atoms with Gasteiger partial charge in [-0.15, -0.1) is 0 Å². The highest BCUT2D eigenvalue weighted by Gasteiger charge is 2.19. The van der Waals surface area contributed by atoms with Gasteiger partial charge in [-0.05, 0) is 63.8 Å². The standard InChI is InChI=1S/C19H25ClN2O3S/c1-7-12(2)25-16-11-22(19(3,4)5)26-18(16)21-17(23)14-10-13(20)8-9-15(14)24-6/h8-12H,7H2,1-6H3/b21-18-. The lowest BCUT2D eigenvalue weighted by molar-refractivity contribution is 0.0995. The molecule has 0 bridgehead atoms. The maximum atomic E-state index is 12.7. The summed E-state index contributed by atoms with van der Waals surface area (Å²) in [5.74, 6) is 0.627. The second-order valence-corrected chi connectivity index (χ2v) is 8.38. The summed E-state index contributed by atoms with van der Waals surface area (Å²) in [4.78, 5) is 17.0. The Hall–Kier alpha value is -1.79. The number of aromatic nitrogens is 1. The van der Waals surface area contributed by atoms with Crippen LogP contribution >= 0.6 is 23.1 Å². The molecule has 0 radical (unpaired) electrons. The van der Waals surface area contributed by atoms with E-state index in [0.29, 0.717) is 26.8 Å². The van der Waals surface area contributed by atoms with Gasteiger partial charge in [0.1, 0.15) is 5.75 Å². The zero-order valence-electron chi connectivity index (χ0n) is 16.0. The van der Waals surface area contributed by atoms with Gasteiger partial charge in [0.15, 0.2) is 10.4 Å². The Bertz CT molecular complexity index is 849. The smallest absolute Gasteiger partial charge is 0.282 e. The number of rotatable bonds is 5. The van der Waals surface area contributed by atoms with E-state index in [1.165, 1.54) is 18.6 Å². The van der Waals surface area contributed by atoms with Crippen LogP contribution in [-0.4, -0.2) is 23.1 Å². The fraction of sp³-hybridized carbons (Fsp3) is 0.474. The third kappa shape index (κ3) is 4.89. The zero-order valence-corrected chi connectivity index (χ0v) is 17.6. The summed E-state index contributed by atoms with van der Waals surface area (Å²) < 4.78 is 13.8. The minimum atomic E-state index is -0.415. The number of benzene rings is 1. The molecule has 0 saturated carbocycles. The second kappa shape index (κ2) is 8.27. The lowest BCUT2D eigenvalue weighted by Gasteiger charge is -2.19. The molecule has 2 rings (SSSR count). The number of methoxy groups -OCH3 is 1. The van der Waals surface area contributed by atoms with Crippen molar-refractivity contribution in [2.75, 3.05) is 7.11 Å². The van der Waals surface area contributed by atoms with Crippen molar-refractivity contribution >= 4 is 29.0 Å². The van der Waals surface area contributed by atoms with E-state index < -0.39 is 5.91 Å². The molecule has 1 unspecified atom stereocenters. The van der Waals surface area contributed by atoms with Crippen molar-refractivity contribution in [3.05, 3.63) is 39.7 Å². The first-order valence-corrected chi connectivity index (χ1v) is 9.63. The van der Waals surface area contributed by atoms with E-state index in [4.69, 9.17) is 21.1 Å². The number of carbonyl (C=O) groups excluding carboxylic acids is 1. The first kappa shape index (κ1) is 20.5. The van der Waals surface area contributed by atoms with Crippen LogP contribution in [0.2, 0.25) is 5.02 Å². The summed E-state index contributed by atoms with van der Waals surface area (Å²) in [5, 5.41) is 0.455. The Labute approximate surface area is 163 Å². The third-order valence-electron chi connectivity index (χ3n) is 3.79. The summed E-state index contributed by atoms with van der Waals surface area (Å²) in [7, 11) is 1.51. The molecule has 5 nitrogen and oxygen atoms in total. The molecule has 1 aromatic carbocycles. The predicted molar refractivity (Wildman–Crippen MR) is 106 cm³/mol. The van der Waals surface area contributed by atoms with Gasteiger partial charge in [0, 0.05) is 10.6 Å². The molecule has 7 heteroatoms. The van der Waals surface area contributed by atoms with E-state index in [9.17, 15) is 4.79 Å². The van der Waals surface area contributed by atoms with Crippen LogP contribution in [0.1, 0.15) is 51.4 Å². The average Bonchev–Trinajstić information content (AvgIpc) is 2.97. The number of nitrogens with zero attached hydrogens (tertiary/aromatic N) is 2. The van der Waals surface area contributed by atoms with Crippen molar-refractivity contribution in [3.63, 3.8) is 0 Å². The summed E-state index contributed by atoms with van der Waals surface area (Å²) in [6.45, 7) is 10.3. The molecule has 0 fully saturated rings. The lowest BCUT2D eigenvalue weighted by Crippen LogP contribution is -2.18. The Morgan fingerprint density at radius 3 is 2.62 bits per heavy atom. The van der Waals surface area contributed by atoms with Crippen molar-refractivity contribution in [1.29, 1.82) is 0 Å². The maximum absolute atomic E-state index is 12.7. The largest absolute Gasteiger partial charge is 0.496 e. The first-order chi connectivity index (χ1) is 12.2. The fourth-order valence-electron chi connectivity index (χ4n) is 2.11. The average molecular weight is 397 g/mol. The van der Waals surface area contributed by atoms with Crippen LogP contribution in [0, 0.1) is 0 Å². The van der Waals surface area contributed by atoms with Gasteiger partial charge in [-0.25, -0.2) is 0 Å². The number of halogens is 1. The number of carbonyl (C=O) groups is 1. The molecule has 1 heterocycles. The van der Waals surface area contributed by atoms with Crippen molar-refractivity contribution in [2.24, 2.45) is 4.99 Å². The SMILES string of the molecule is CCC(C)Oc1cn(C(C)(C)C)s/c1=N\C(=O)c1cc(Cl)ccc1OC. The Morgan fingerprint density at radius 1 is 1.35 bits per heavy atom. The van der Waals surface area contributed by atoms with Crippen LogP contribution in [0.3, 0.4) is 0 Å². The lowest BCUT2D eigenvalue weighted by atomic mass is 10.1. The van der Waals surface area contributed by atoms with Crippen LogP contribution in [0.5, 0.6) is 11.5 Å². The molecule has 142 valence electrons. The predicted octanol–water partition coefficient (Wildman–Crippen LogP) is 4.89. The highest BCUT2D eigenvalue weighted by Crippen LogP contribution is 2.24. The highest BCUT2D eigenvalue weighted by molar-refractivity contribution is 7.04. The minimum Gasteiger partial charge on any atom is -0.496 e. The van der Waals surface area contributed by atoms with Crippen LogP contribution < -0.4 is 14.1 Å². The number of amides is 1. The van der Waals surface area contributed by atoms with Crippen molar-refractivity contribution < 1.29 is 14.3 Å². The van der Waals surface area contributed by atoms with E-state index in [2.05, 4.69) is 25.8 Å². The molecular weight excluding hydrogens is 372 g/mol. The highest BCUT2D eigenvalue weighted by atomic mass is 35.5. The van der Waals surface area contributed by atoms with Gasteiger partial charge in [-0.3, -0.25) is 8.75 Å². The van der Waals surface area contributed by atoms with Gasteiger partial charge in [0.05, 0.1) is 25.0 Å². The molecule has 26 heavy (non-hydrogen) atoms. The van der Waals surface area contributed by atoms with Gasteiger partial charge in [0.2, 0.25) is 0 Å². The van der Waals surface area contributed by atoms with Gasteiger partial charge in [-0.2, -0.15) is 4.99 Å². The van der Waals surface area contributed by atoms with Crippen molar-refractivity contribution in [2.45, 2.75) is 52.7 Å². The number of ether oxygens (including phenoxy) is 2. The quantitative estimate of drug-likeness (QED) is 0.723. The summed E-state index contributed by atoms with van der Waals surface area (Å²) in [6, 6.07) is 4.89. The zero-order chi connectivity index (χ0) is 19.5. The molecule has 0 aliphatic rings. The van der Waals surface area contributed by atoms with Crippen LogP contribution in [0.15, 0.2) is 29.4 Å². The van der Waals surface area contributed by atoms with E-state index in [-0.39, 0.29) is 11.6 Å². The topological polar surface area (TPSA) is 52.8 Å². The van der Waals surface area contributed by atoms with Crippen molar-refractivity contribution in [3.8, 4) is 11.5 Å². The third-order valence-corrected chi connectivity index (χ3v) is 5.34. The monoisotopic (exact) mass is 396 g/mol. The Balaban J connectivity index is 2.53. The Morgan fingerprint density at radius 2 is 2.04 bits per heavy atom. The molecule has 1 amide bonds. The van der Waals surface area contributed by atoms with E-state index in [1.807, 2.05) is 24.0 Å². The number of hydrogen-bond acceptors (Lipinski definition) is 4. The normalized spacial score (nSPS) is 13.6. The maximum Gasteiger partial charge on any atom is 0.282 e. The van der Waals surface area contributed by atoms with E-state index in [1.54, 1.807) is 18.2 Å². The van der Waals surface area contributed by atoms with Gasteiger partial charge in [0.25, 0.3) is 5.91 Å². The molecule has 2 aromatic rings. The van der Waals surface area contributed by atoms with E-state index in [0.717, 1.165) is 6.42 Å². The van der Waals surface area contributed by atoms with Gasteiger partial charge >= 0.3 is 0 Å². The Kier molecular flexibility index (Phi) is 6.53. The fourth-order valence-corrected chi connectivity index (χ4v) is 3.21. The van der Waals surface area contributed by atoms with Gasteiger partial charge < -0.3 is 9.47 Å². The minimum absolute atomic E-state index is 0.0303. The second-order valence-electron chi connectivity index (χ2n) is 6.98. The molecule has 0 aliphatic carbocycles. The van der Waals surface area contributed by atoms with Crippen LogP contribution in [0.4, 0.5) is 0 Å². The summed E-state index contributed by atoms with van der Waals surface area (Å²) >= 11 is 7.42. The van der Waals surface area contributed by atoms with Crippen LogP contribution in [-0.2, 0) is 5.54 Å². The molecule has 1 aromatic heterocycles. The molecular formula is C19H25ClN2O3S. The van der Waals surface area contributed by atoms with Gasteiger partial charge in [-0.1, -0.05) is 18.5 Å².